The largest absolute Gasteiger partial charge is 0.494 e. The molecule has 30 heavy (non-hydrogen) atoms. The van der Waals surface area contributed by atoms with Gasteiger partial charge in [0.1, 0.15) is 11.3 Å². The summed E-state index contributed by atoms with van der Waals surface area (Å²) < 4.78 is 47.2. The zero-order chi connectivity index (χ0) is 21.7. The number of rotatable bonds is 7. The number of halogens is 4. The van der Waals surface area contributed by atoms with Gasteiger partial charge in [0, 0.05) is 28.2 Å². The van der Waals surface area contributed by atoms with Gasteiger partial charge in [-0.3, -0.25) is 0 Å². The maximum absolute atomic E-state index is 13.6. The van der Waals surface area contributed by atoms with Crippen LogP contribution in [0.3, 0.4) is 0 Å². The molecular weight excluding hydrogens is 508 g/mol. The van der Waals surface area contributed by atoms with Gasteiger partial charge in [0.15, 0.2) is 5.82 Å². The number of hydrogen-bond acceptors (Lipinski definition) is 5. The van der Waals surface area contributed by atoms with Gasteiger partial charge in [-0.25, -0.2) is 4.98 Å². The first kappa shape index (κ1) is 22.1. The van der Waals surface area contributed by atoms with Gasteiger partial charge in [0.2, 0.25) is 5.95 Å². The standard InChI is InChI=1S/C21H20F3IN4O/c1-3-12-30-17-10-6-15(7-11-17)27-20-26-13-18(21(22,23)24)19(28-20)29(2)16-8-4-14(25)5-9-16/h4-11,13H,3,12H2,1-2H3,(H,26,27,28). The molecular formula is C21H20F3IN4O. The quantitative estimate of drug-likeness (QED) is 0.360. The highest BCUT2D eigenvalue weighted by Gasteiger charge is 2.36. The Labute approximate surface area is 186 Å². The predicted octanol–water partition coefficient (Wildman–Crippen LogP) is 6.40. The van der Waals surface area contributed by atoms with Crippen molar-refractivity contribution in [2.45, 2.75) is 19.5 Å². The highest BCUT2D eigenvalue weighted by Crippen LogP contribution is 2.37. The third-order valence-electron chi connectivity index (χ3n) is 4.19. The maximum Gasteiger partial charge on any atom is 0.421 e. The van der Waals surface area contributed by atoms with Crippen LogP contribution in [-0.4, -0.2) is 23.6 Å². The molecule has 2 aromatic carbocycles. The van der Waals surface area contributed by atoms with Crippen molar-refractivity contribution in [3.63, 3.8) is 0 Å². The predicted molar refractivity (Wildman–Crippen MR) is 120 cm³/mol. The lowest BCUT2D eigenvalue weighted by molar-refractivity contribution is -0.137. The summed E-state index contributed by atoms with van der Waals surface area (Å²) in [5.41, 5.74) is 0.321. The summed E-state index contributed by atoms with van der Waals surface area (Å²) in [7, 11) is 1.55. The van der Waals surface area contributed by atoms with Crippen LogP contribution in [0.5, 0.6) is 5.75 Å². The molecule has 0 unspecified atom stereocenters. The van der Waals surface area contributed by atoms with Crippen molar-refractivity contribution in [2.24, 2.45) is 0 Å². The third-order valence-corrected chi connectivity index (χ3v) is 4.91. The number of aromatic nitrogens is 2. The molecule has 3 rings (SSSR count). The molecule has 1 aromatic heterocycles. The lowest BCUT2D eigenvalue weighted by Gasteiger charge is -2.23. The minimum absolute atomic E-state index is 0.0672. The summed E-state index contributed by atoms with van der Waals surface area (Å²) >= 11 is 2.14. The van der Waals surface area contributed by atoms with Crippen LogP contribution in [0.15, 0.2) is 54.7 Å². The molecule has 0 saturated carbocycles. The number of alkyl halides is 3. The molecule has 158 valence electrons. The van der Waals surface area contributed by atoms with E-state index in [4.69, 9.17) is 4.74 Å². The first-order valence-corrected chi connectivity index (χ1v) is 10.3. The van der Waals surface area contributed by atoms with Crippen molar-refractivity contribution in [3.8, 4) is 5.75 Å². The summed E-state index contributed by atoms with van der Waals surface area (Å²) in [6, 6.07) is 14.2. The maximum atomic E-state index is 13.6. The Bertz CT molecular complexity index is 979. The second-order valence-corrected chi connectivity index (χ2v) is 7.71. The Hall–Kier alpha value is -2.56. The number of hydrogen-bond donors (Lipinski definition) is 1. The van der Waals surface area contributed by atoms with E-state index < -0.39 is 11.7 Å². The van der Waals surface area contributed by atoms with Crippen molar-refractivity contribution in [2.75, 3.05) is 23.9 Å². The molecule has 0 atom stereocenters. The normalized spacial score (nSPS) is 11.3. The first-order valence-electron chi connectivity index (χ1n) is 9.21. The molecule has 5 nitrogen and oxygen atoms in total. The molecule has 9 heteroatoms. The number of nitrogens with zero attached hydrogens (tertiary/aromatic N) is 3. The topological polar surface area (TPSA) is 50.3 Å². The van der Waals surface area contributed by atoms with Crippen LogP contribution in [-0.2, 0) is 6.18 Å². The zero-order valence-corrected chi connectivity index (χ0v) is 18.5. The minimum atomic E-state index is -4.58. The Morgan fingerprint density at radius 2 is 1.73 bits per heavy atom. The first-order chi connectivity index (χ1) is 14.3. The van der Waals surface area contributed by atoms with Gasteiger partial charge in [-0.05, 0) is 77.5 Å². The average Bonchev–Trinajstić information content (AvgIpc) is 2.72. The highest BCUT2D eigenvalue weighted by atomic mass is 127. The van der Waals surface area contributed by atoms with Crippen LogP contribution in [0.2, 0.25) is 0 Å². The van der Waals surface area contributed by atoms with E-state index in [0.29, 0.717) is 18.0 Å². The fourth-order valence-electron chi connectivity index (χ4n) is 2.66. The minimum Gasteiger partial charge on any atom is -0.494 e. The van der Waals surface area contributed by atoms with Gasteiger partial charge in [-0.2, -0.15) is 18.2 Å². The van der Waals surface area contributed by atoms with Gasteiger partial charge in [0.05, 0.1) is 6.61 Å². The fourth-order valence-corrected chi connectivity index (χ4v) is 3.02. The van der Waals surface area contributed by atoms with Crippen LogP contribution in [0.25, 0.3) is 0 Å². The molecule has 0 aliphatic carbocycles. The van der Waals surface area contributed by atoms with Crippen LogP contribution >= 0.6 is 22.6 Å². The number of benzene rings is 2. The molecule has 0 saturated heterocycles. The Kier molecular flexibility index (Phi) is 7.01. The molecule has 1 heterocycles. The van der Waals surface area contributed by atoms with E-state index in [1.54, 1.807) is 43.4 Å². The van der Waals surface area contributed by atoms with Crippen LogP contribution in [0.4, 0.5) is 36.3 Å². The highest BCUT2D eigenvalue weighted by molar-refractivity contribution is 14.1. The molecule has 1 N–H and O–H groups in total. The smallest absolute Gasteiger partial charge is 0.421 e. The number of anilines is 4. The van der Waals surface area contributed by atoms with Crippen molar-refractivity contribution >= 4 is 45.7 Å². The van der Waals surface area contributed by atoms with E-state index in [0.717, 1.165) is 21.9 Å². The summed E-state index contributed by atoms with van der Waals surface area (Å²) in [5, 5.41) is 2.95. The zero-order valence-electron chi connectivity index (χ0n) is 16.4. The number of ether oxygens (including phenoxy) is 1. The summed E-state index contributed by atoms with van der Waals surface area (Å²) in [6.45, 7) is 2.63. The Balaban J connectivity index is 1.89. The molecule has 0 aliphatic rings. The number of nitrogens with one attached hydrogen (secondary N) is 1. The lowest BCUT2D eigenvalue weighted by atomic mass is 10.2. The summed E-state index contributed by atoms with van der Waals surface area (Å²) in [5.74, 6) is 0.552. The molecule has 0 fully saturated rings. The van der Waals surface area contributed by atoms with Crippen LogP contribution < -0.4 is 15.0 Å². The molecule has 0 spiro atoms. The SMILES string of the molecule is CCCOc1ccc(Nc2ncc(C(F)(F)F)c(N(C)c3ccc(I)cc3)n2)cc1. The van der Waals surface area contributed by atoms with E-state index in [1.807, 2.05) is 19.1 Å². The third kappa shape index (κ3) is 5.53. The van der Waals surface area contributed by atoms with Crippen molar-refractivity contribution < 1.29 is 17.9 Å². The molecule has 0 amide bonds. The van der Waals surface area contributed by atoms with Crippen molar-refractivity contribution in [3.05, 3.63) is 63.9 Å². The second-order valence-electron chi connectivity index (χ2n) is 6.46. The van der Waals surface area contributed by atoms with Gasteiger partial charge < -0.3 is 15.0 Å². The Morgan fingerprint density at radius 1 is 1.07 bits per heavy atom. The van der Waals surface area contributed by atoms with E-state index in [-0.39, 0.29) is 11.8 Å². The van der Waals surface area contributed by atoms with Crippen molar-refractivity contribution in [1.82, 2.24) is 9.97 Å². The summed E-state index contributed by atoms with van der Waals surface area (Å²) in [4.78, 5) is 9.41. The molecule has 3 aromatic rings. The Morgan fingerprint density at radius 3 is 2.33 bits per heavy atom. The monoisotopic (exact) mass is 528 g/mol. The van der Waals surface area contributed by atoms with E-state index >= 15 is 0 Å². The van der Waals surface area contributed by atoms with E-state index in [2.05, 4.69) is 37.9 Å². The summed E-state index contributed by atoms with van der Waals surface area (Å²) in [6.07, 6.45) is -2.88. The molecule has 0 radical (unpaired) electrons. The van der Waals surface area contributed by atoms with E-state index in [9.17, 15) is 13.2 Å². The molecule has 0 bridgehead atoms. The van der Waals surface area contributed by atoms with E-state index in [1.165, 1.54) is 4.90 Å². The van der Waals surface area contributed by atoms with Gasteiger partial charge in [-0.15, -0.1) is 0 Å². The average molecular weight is 528 g/mol. The fraction of sp³-hybridized carbons (Fsp3) is 0.238. The van der Waals surface area contributed by atoms with Crippen LogP contribution in [0, 0.1) is 3.57 Å². The van der Waals surface area contributed by atoms with Crippen molar-refractivity contribution in [1.29, 1.82) is 0 Å². The molecule has 0 aliphatic heterocycles. The van der Waals surface area contributed by atoms with Crippen LogP contribution in [0.1, 0.15) is 18.9 Å². The van der Waals surface area contributed by atoms with Gasteiger partial charge in [0.25, 0.3) is 0 Å². The second kappa shape index (κ2) is 9.50. The van der Waals surface area contributed by atoms with Gasteiger partial charge >= 0.3 is 6.18 Å². The van der Waals surface area contributed by atoms with Gasteiger partial charge in [-0.1, -0.05) is 6.92 Å². The lowest BCUT2D eigenvalue weighted by Crippen LogP contribution is -2.19.